The average Bonchev–Trinajstić information content (AvgIpc) is 3.29. The molecule has 0 unspecified atom stereocenters. The van der Waals surface area contributed by atoms with E-state index in [1.54, 1.807) is 30.4 Å². The maximum atomic E-state index is 12.8. The molecule has 0 spiro atoms. The zero-order chi connectivity index (χ0) is 22.1. The van der Waals surface area contributed by atoms with E-state index in [4.69, 9.17) is 9.47 Å². The first kappa shape index (κ1) is 19.6. The molecule has 1 aromatic heterocycles. The van der Waals surface area contributed by atoms with Gasteiger partial charge in [-0.1, -0.05) is 48.5 Å². The van der Waals surface area contributed by atoms with Crippen molar-refractivity contribution < 1.29 is 19.1 Å². The predicted molar refractivity (Wildman–Crippen MR) is 123 cm³/mol. The number of hydrogen-bond acceptors (Lipinski definition) is 4. The number of esters is 1. The molecule has 0 radical (unpaired) electrons. The smallest absolute Gasteiger partial charge is 0.336 e. The molecule has 0 N–H and O–H groups in total. The third kappa shape index (κ3) is 3.72. The van der Waals surface area contributed by atoms with Crippen molar-refractivity contribution in [1.29, 1.82) is 0 Å². The molecule has 2 heterocycles. The van der Waals surface area contributed by atoms with Gasteiger partial charge in [0, 0.05) is 41.9 Å². The highest BCUT2D eigenvalue weighted by Crippen LogP contribution is 2.35. The van der Waals surface area contributed by atoms with Crippen LogP contribution in [0.1, 0.15) is 21.5 Å². The van der Waals surface area contributed by atoms with Crippen LogP contribution >= 0.6 is 0 Å². The van der Waals surface area contributed by atoms with Crippen LogP contribution in [0.4, 0.5) is 0 Å². The van der Waals surface area contributed by atoms with Crippen molar-refractivity contribution >= 4 is 34.8 Å². The van der Waals surface area contributed by atoms with E-state index >= 15 is 0 Å². The number of rotatable bonds is 4. The Balaban J connectivity index is 1.36. The van der Waals surface area contributed by atoms with Gasteiger partial charge in [-0.05, 0) is 35.9 Å². The number of carbonyl (C=O) groups excluding carboxylic acids is 2. The van der Waals surface area contributed by atoms with Gasteiger partial charge in [-0.3, -0.25) is 4.79 Å². The van der Waals surface area contributed by atoms with E-state index in [-0.39, 0.29) is 11.5 Å². The number of ketones is 1. The van der Waals surface area contributed by atoms with Crippen molar-refractivity contribution in [3.8, 4) is 11.5 Å². The molecule has 1 aliphatic heterocycles. The minimum absolute atomic E-state index is 0.199. The van der Waals surface area contributed by atoms with Gasteiger partial charge in [0.05, 0.1) is 5.56 Å². The number of aryl methyl sites for hydroxylation is 1. The van der Waals surface area contributed by atoms with Crippen molar-refractivity contribution in [1.82, 2.24) is 4.57 Å². The van der Waals surface area contributed by atoms with Crippen LogP contribution in [0, 0.1) is 0 Å². The normalized spacial score (nSPS) is 14.2. The van der Waals surface area contributed by atoms with Gasteiger partial charge >= 0.3 is 5.97 Å². The molecule has 5 nitrogen and oxygen atoms in total. The third-order valence-corrected chi connectivity index (χ3v) is 5.29. The number of para-hydroxylation sites is 1. The van der Waals surface area contributed by atoms with Gasteiger partial charge in [0.1, 0.15) is 11.5 Å². The molecule has 5 heteroatoms. The van der Waals surface area contributed by atoms with Gasteiger partial charge in [0.25, 0.3) is 0 Å². The number of allylic oxidation sites excluding steroid dienone is 1. The molecule has 0 atom stereocenters. The molecule has 0 fully saturated rings. The van der Waals surface area contributed by atoms with Crippen molar-refractivity contribution in [3.05, 3.63) is 108 Å². The zero-order valence-electron chi connectivity index (χ0n) is 17.3. The van der Waals surface area contributed by atoms with E-state index in [0.29, 0.717) is 17.1 Å². The molecule has 0 bridgehead atoms. The SMILES string of the molecule is Cn1cc(C=C2Oc3cc(OC(=O)C=Cc4ccccc4)ccc3C2=O)c2ccccc21. The summed E-state index contributed by atoms with van der Waals surface area (Å²) in [6, 6.07) is 22.2. The van der Waals surface area contributed by atoms with E-state index in [1.165, 1.54) is 6.08 Å². The number of aromatic nitrogens is 1. The van der Waals surface area contributed by atoms with Crippen molar-refractivity contribution in [3.63, 3.8) is 0 Å². The Morgan fingerprint density at radius 2 is 1.78 bits per heavy atom. The number of Topliss-reactive ketones (excluding diaryl/α,β-unsaturated/α-hetero) is 1. The third-order valence-electron chi connectivity index (χ3n) is 5.29. The maximum absolute atomic E-state index is 12.8. The van der Waals surface area contributed by atoms with Gasteiger partial charge in [0.2, 0.25) is 5.78 Å². The zero-order valence-corrected chi connectivity index (χ0v) is 17.3. The van der Waals surface area contributed by atoms with Crippen LogP contribution in [-0.2, 0) is 11.8 Å². The van der Waals surface area contributed by atoms with Crippen LogP contribution in [0.2, 0.25) is 0 Å². The average molecular weight is 421 g/mol. The number of benzene rings is 3. The summed E-state index contributed by atoms with van der Waals surface area (Å²) in [6.45, 7) is 0. The molecular formula is C27H19NO4. The summed E-state index contributed by atoms with van der Waals surface area (Å²) >= 11 is 0. The molecule has 0 saturated carbocycles. The van der Waals surface area contributed by atoms with Gasteiger partial charge < -0.3 is 14.0 Å². The summed E-state index contributed by atoms with van der Waals surface area (Å²) in [4.78, 5) is 25.0. The van der Waals surface area contributed by atoms with E-state index in [2.05, 4.69) is 0 Å². The maximum Gasteiger partial charge on any atom is 0.336 e. The molecular weight excluding hydrogens is 402 g/mol. The molecule has 5 rings (SSSR count). The lowest BCUT2D eigenvalue weighted by molar-refractivity contribution is -0.128. The Labute approximate surface area is 184 Å². The Morgan fingerprint density at radius 1 is 1.00 bits per heavy atom. The first-order valence-electron chi connectivity index (χ1n) is 10.2. The highest BCUT2D eigenvalue weighted by Gasteiger charge is 2.28. The fourth-order valence-corrected chi connectivity index (χ4v) is 3.74. The number of nitrogens with zero attached hydrogens (tertiary/aromatic N) is 1. The number of hydrogen-bond donors (Lipinski definition) is 0. The second kappa shape index (κ2) is 8.04. The Kier molecular flexibility index (Phi) is 4.92. The quantitative estimate of drug-likeness (QED) is 0.251. The molecule has 32 heavy (non-hydrogen) atoms. The number of fused-ring (bicyclic) bond motifs is 2. The van der Waals surface area contributed by atoms with Crippen LogP contribution in [-0.4, -0.2) is 16.3 Å². The largest absolute Gasteiger partial charge is 0.452 e. The Hall–Kier alpha value is -4.38. The predicted octanol–water partition coefficient (Wildman–Crippen LogP) is 5.41. The summed E-state index contributed by atoms with van der Waals surface area (Å²) in [5.74, 6) is 0.215. The lowest BCUT2D eigenvalue weighted by Gasteiger charge is -2.03. The van der Waals surface area contributed by atoms with Crippen molar-refractivity contribution in [2.45, 2.75) is 0 Å². The van der Waals surface area contributed by atoms with Crippen LogP contribution < -0.4 is 9.47 Å². The summed E-state index contributed by atoms with van der Waals surface area (Å²) < 4.78 is 13.2. The summed E-state index contributed by atoms with van der Waals surface area (Å²) in [6.07, 6.45) is 6.75. The van der Waals surface area contributed by atoms with Crippen LogP contribution in [0.3, 0.4) is 0 Å². The summed E-state index contributed by atoms with van der Waals surface area (Å²) in [5.41, 5.74) is 3.31. The second-order valence-corrected chi connectivity index (χ2v) is 7.48. The number of carbonyl (C=O) groups is 2. The molecule has 0 amide bonds. The van der Waals surface area contributed by atoms with E-state index < -0.39 is 5.97 Å². The summed E-state index contributed by atoms with van der Waals surface area (Å²) in [5, 5.41) is 1.04. The van der Waals surface area contributed by atoms with Crippen LogP contribution in [0.5, 0.6) is 11.5 Å². The van der Waals surface area contributed by atoms with Gasteiger partial charge in [-0.15, -0.1) is 0 Å². The standard InChI is InChI=1S/C27H19NO4/c1-28-17-19(21-9-5-6-10-23(21)28)15-25-27(30)22-13-12-20(16-24(22)32-25)31-26(29)14-11-18-7-3-2-4-8-18/h2-17H,1H3. The lowest BCUT2D eigenvalue weighted by Crippen LogP contribution is -2.03. The molecule has 4 aromatic rings. The number of ether oxygens (including phenoxy) is 2. The monoisotopic (exact) mass is 421 g/mol. The second-order valence-electron chi connectivity index (χ2n) is 7.48. The Morgan fingerprint density at radius 3 is 2.62 bits per heavy atom. The van der Waals surface area contributed by atoms with Crippen molar-refractivity contribution in [2.75, 3.05) is 0 Å². The molecule has 0 aliphatic carbocycles. The van der Waals surface area contributed by atoms with Gasteiger partial charge in [-0.2, -0.15) is 0 Å². The first-order chi connectivity index (χ1) is 15.6. The van der Waals surface area contributed by atoms with E-state index in [9.17, 15) is 9.59 Å². The molecule has 3 aromatic carbocycles. The van der Waals surface area contributed by atoms with Crippen LogP contribution in [0.15, 0.2) is 90.8 Å². The summed E-state index contributed by atoms with van der Waals surface area (Å²) in [7, 11) is 1.96. The first-order valence-corrected chi connectivity index (χ1v) is 10.2. The van der Waals surface area contributed by atoms with Gasteiger partial charge in [0.15, 0.2) is 5.76 Å². The highest BCUT2D eigenvalue weighted by atomic mass is 16.5. The van der Waals surface area contributed by atoms with E-state index in [1.807, 2.05) is 72.4 Å². The molecule has 1 aliphatic rings. The fourth-order valence-electron chi connectivity index (χ4n) is 3.74. The minimum Gasteiger partial charge on any atom is -0.452 e. The van der Waals surface area contributed by atoms with Crippen LogP contribution in [0.25, 0.3) is 23.1 Å². The van der Waals surface area contributed by atoms with Gasteiger partial charge in [-0.25, -0.2) is 4.79 Å². The molecule has 156 valence electrons. The Bertz CT molecular complexity index is 1410. The minimum atomic E-state index is -0.510. The fraction of sp³-hybridized carbons (Fsp3) is 0.0370. The highest BCUT2D eigenvalue weighted by molar-refractivity contribution is 6.15. The lowest BCUT2D eigenvalue weighted by atomic mass is 10.1. The molecule has 0 saturated heterocycles. The topological polar surface area (TPSA) is 57.5 Å². The van der Waals surface area contributed by atoms with Crippen molar-refractivity contribution in [2.24, 2.45) is 7.05 Å². The van der Waals surface area contributed by atoms with E-state index in [0.717, 1.165) is 22.0 Å².